The fraction of sp³-hybridized carbons (Fsp3) is 0.667. The van der Waals surface area contributed by atoms with E-state index in [9.17, 15) is 13.2 Å². The van der Waals surface area contributed by atoms with Crippen LogP contribution in [0.3, 0.4) is 0 Å². The standard InChI is InChI=1S/C15H19F3N2/c1-2-20-14(11-6-9-5-10(9)7-11)12-8-19-4-3-13(12)15(16,17)18/h3-4,8-11,14,20H,2,5-7H2,1H3. The van der Waals surface area contributed by atoms with Crippen LogP contribution < -0.4 is 5.32 Å². The van der Waals surface area contributed by atoms with Gasteiger partial charge in [0.2, 0.25) is 0 Å². The van der Waals surface area contributed by atoms with E-state index >= 15 is 0 Å². The van der Waals surface area contributed by atoms with Crippen molar-refractivity contribution in [1.29, 1.82) is 0 Å². The molecule has 0 aromatic carbocycles. The molecule has 0 spiro atoms. The molecule has 0 amide bonds. The first-order valence-electron chi connectivity index (χ1n) is 7.25. The molecule has 2 fully saturated rings. The Morgan fingerprint density at radius 2 is 2.00 bits per heavy atom. The molecule has 0 radical (unpaired) electrons. The Hall–Kier alpha value is -1.10. The Labute approximate surface area is 116 Å². The summed E-state index contributed by atoms with van der Waals surface area (Å²) in [5.41, 5.74) is -0.229. The van der Waals surface area contributed by atoms with Gasteiger partial charge in [-0.3, -0.25) is 4.98 Å². The fourth-order valence-electron chi connectivity index (χ4n) is 3.70. The summed E-state index contributed by atoms with van der Waals surface area (Å²) in [6, 6.07) is 0.869. The lowest BCUT2D eigenvalue weighted by Gasteiger charge is -2.28. The maximum atomic E-state index is 13.2. The number of halogens is 3. The van der Waals surface area contributed by atoms with Gasteiger partial charge in [-0.15, -0.1) is 0 Å². The van der Waals surface area contributed by atoms with Crippen LogP contribution >= 0.6 is 0 Å². The van der Waals surface area contributed by atoms with Crippen LogP contribution in [0.25, 0.3) is 0 Å². The van der Waals surface area contributed by atoms with Gasteiger partial charge < -0.3 is 5.32 Å². The lowest BCUT2D eigenvalue weighted by Crippen LogP contribution is -2.30. The molecule has 1 aromatic heterocycles. The van der Waals surface area contributed by atoms with Gasteiger partial charge in [-0.25, -0.2) is 0 Å². The SMILES string of the molecule is CCNC(c1cnccc1C(F)(F)F)C1CC2CC2C1. The zero-order valence-electron chi connectivity index (χ0n) is 11.5. The molecule has 0 bridgehead atoms. The number of aromatic nitrogens is 1. The lowest BCUT2D eigenvalue weighted by atomic mass is 9.87. The topological polar surface area (TPSA) is 24.9 Å². The molecule has 2 aliphatic rings. The predicted molar refractivity (Wildman–Crippen MR) is 70.0 cm³/mol. The smallest absolute Gasteiger partial charge is 0.310 e. The van der Waals surface area contributed by atoms with E-state index in [0.29, 0.717) is 18.0 Å². The summed E-state index contributed by atoms with van der Waals surface area (Å²) in [5, 5.41) is 3.25. The van der Waals surface area contributed by atoms with Crippen molar-refractivity contribution in [2.24, 2.45) is 17.8 Å². The summed E-state index contributed by atoms with van der Waals surface area (Å²) >= 11 is 0. The summed E-state index contributed by atoms with van der Waals surface area (Å²) < 4.78 is 39.5. The van der Waals surface area contributed by atoms with Crippen LogP contribution in [-0.4, -0.2) is 11.5 Å². The second kappa shape index (κ2) is 5.02. The second-order valence-corrected chi connectivity index (χ2v) is 5.98. The molecule has 1 heterocycles. The predicted octanol–water partition coefficient (Wildman–Crippen LogP) is 3.80. The maximum absolute atomic E-state index is 13.2. The fourth-order valence-corrected chi connectivity index (χ4v) is 3.70. The van der Waals surface area contributed by atoms with Crippen LogP contribution in [0.4, 0.5) is 13.2 Å². The highest BCUT2D eigenvalue weighted by Gasteiger charge is 2.49. The molecule has 3 rings (SSSR count). The summed E-state index contributed by atoms with van der Waals surface area (Å²) in [6.45, 7) is 2.61. The van der Waals surface area contributed by atoms with E-state index in [0.717, 1.165) is 30.7 Å². The number of hydrogen-bond acceptors (Lipinski definition) is 2. The van der Waals surface area contributed by atoms with Crippen molar-refractivity contribution in [3.8, 4) is 0 Å². The lowest BCUT2D eigenvalue weighted by molar-refractivity contribution is -0.138. The normalized spacial score (nSPS) is 30.1. The van der Waals surface area contributed by atoms with E-state index in [2.05, 4.69) is 10.3 Å². The molecule has 2 nitrogen and oxygen atoms in total. The zero-order valence-corrected chi connectivity index (χ0v) is 11.5. The molecule has 0 saturated heterocycles. The summed E-state index contributed by atoms with van der Waals surface area (Å²) in [4.78, 5) is 3.92. The van der Waals surface area contributed by atoms with Crippen molar-refractivity contribution in [2.75, 3.05) is 6.54 Å². The van der Waals surface area contributed by atoms with Gasteiger partial charge >= 0.3 is 6.18 Å². The third kappa shape index (κ3) is 2.55. The van der Waals surface area contributed by atoms with E-state index in [1.165, 1.54) is 18.8 Å². The molecule has 1 N–H and O–H groups in total. The summed E-state index contributed by atoms with van der Waals surface area (Å²) in [5.74, 6) is 1.82. The Bertz CT molecular complexity index is 476. The first kappa shape index (κ1) is 13.9. The third-order valence-corrected chi connectivity index (χ3v) is 4.67. The number of fused-ring (bicyclic) bond motifs is 1. The highest BCUT2D eigenvalue weighted by atomic mass is 19.4. The van der Waals surface area contributed by atoms with Crippen molar-refractivity contribution in [2.45, 2.75) is 38.4 Å². The Kier molecular flexibility index (Phi) is 3.48. The largest absolute Gasteiger partial charge is 0.416 e. The van der Waals surface area contributed by atoms with Crippen LogP contribution in [0.1, 0.15) is 43.4 Å². The summed E-state index contributed by atoms with van der Waals surface area (Å²) in [6.07, 6.45) is 1.67. The van der Waals surface area contributed by atoms with Crippen LogP contribution in [0, 0.1) is 17.8 Å². The highest BCUT2D eigenvalue weighted by molar-refractivity contribution is 5.30. The molecule has 20 heavy (non-hydrogen) atoms. The van der Waals surface area contributed by atoms with Crippen LogP contribution in [0.5, 0.6) is 0 Å². The third-order valence-electron chi connectivity index (χ3n) is 4.67. The number of alkyl halides is 3. The average molecular weight is 284 g/mol. The second-order valence-electron chi connectivity index (χ2n) is 5.98. The zero-order chi connectivity index (χ0) is 14.3. The van der Waals surface area contributed by atoms with E-state index in [-0.39, 0.29) is 6.04 Å². The molecule has 110 valence electrons. The Morgan fingerprint density at radius 1 is 1.30 bits per heavy atom. The van der Waals surface area contributed by atoms with Gasteiger partial charge in [0, 0.05) is 18.4 Å². The van der Waals surface area contributed by atoms with Gasteiger partial charge in [0.15, 0.2) is 0 Å². The molecule has 1 aromatic rings. The molecule has 3 atom stereocenters. The first-order valence-corrected chi connectivity index (χ1v) is 7.25. The van der Waals surface area contributed by atoms with E-state index in [1.807, 2.05) is 6.92 Å². The number of nitrogens with zero attached hydrogens (tertiary/aromatic N) is 1. The molecule has 2 saturated carbocycles. The van der Waals surface area contributed by atoms with Gasteiger partial charge in [0.25, 0.3) is 0 Å². The monoisotopic (exact) mass is 284 g/mol. The highest BCUT2D eigenvalue weighted by Crippen LogP contribution is 2.57. The number of rotatable bonds is 4. The van der Waals surface area contributed by atoms with Crippen molar-refractivity contribution < 1.29 is 13.2 Å². The average Bonchev–Trinajstić information content (AvgIpc) is 3.02. The van der Waals surface area contributed by atoms with E-state index in [4.69, 9.17) is 0 Å². The van der Waals surface area contributed by atoms with Crippen molar-refractivity contribution in [3.63, 3.8) is 0 Å². The Balaban J connectivity index is 1.91. The molecule has 3 unspecified atom stereocenters. The van der Waals surface area contributed by atoms with Crippen LogP contribution in [-0.2, 0) is 6.18 Å². The van der Waals surface area contributed by atoms with Crippen molar-refractivity contribution >= 4 is 0 Å². The number of nitrogens with one attached hydrogen (secondary N) is 1. The minimum absolute atomic E-state index is 0.224. The molecular weight excluding hydrogens is 265 g/mol. The Morgan fingerprint density at radius 3 is 2.60 bits per heavy atom. The molecule has 5 heteroatoms. The van der Waals surface area contributed by atoms with Crippen LogP contribution in [0.2, 0.25) is 0 Å². The van der Waals surface area contributed by atoms with Gasteiger partial charge in [-0.05, 0) is 55.2 Å². The molecule has 0 aliphatic heterocycles. The van der Waals surface area contributed by atoms with Crippen molar-refractivity contribution in [3.05, 3.63) is 29.6 Å². The number of hydrogen-bond donors (Lipinski definition) is 1. The van der Waals surface area contributed by atoms with Gasteiger partial charge in [0.05, 0.1) is 5.56 Å². The van der Waals surface area contributed by atoms with Crippen LogP contribution in [0.15, 0.2) is 18.5 Å². The number of pyridine rings is 1. The molecule has 2 aliphatic carbocycles. The van der Waals surface area contributed by atoms with E-state index in [1.54, 1.807) is 0 Å². The minimum Gasteiger partial charge on any atom is -0.310 e. The van der Waals surface area contributed by atoms with E-state index < -0.39 is 11.7 Å². The van der Waals surface area contributed by atoms with Gasteiger partial charge in [-0.1, -0.05) is 6.92 Å². The maximum Gasteiger partial charge on any atom is 0.416 e. The summed E-state index contributed by atoms with van der Waals surface area (Å²) in [7, 11) is 0. The van der Waals surface area contributed by atoms with Gasteiger partial charge in [-0.2, -0.15) is 13.2 Å². The quantitative estimate of drug-likeness (QED) is 0.909. The molecular formula is C15H19F3N2. The minimum atomic E-state index is -4.31. The van der Waals surface area contributed by atoms with Gasteiger partial charge in [0.1, 0.15) is 0 Å². The van der Waals surface area contributed by atoms with Crippen molar-refractivity contribution in [1.82, 2.24) is 10.3 Å². The first-order chi connectivity index (χ1) is 9.50.